The van der Waals surface area contributed by atoms with Gasteiger partial charge in [-0.05, 0) is 247 Å². The molecule has 0 aliphatic carbocycles. The highest BCUT2D eigenvalue weighted by Crippen LogP contribution is 2.51. The van der Waals surface area contributed by atoms with Crippen LogP contribution in [0.15, 0.2) is 262 Å². The molecule has 12 aromatic rings. The third kappa shape index (κ3) is 15.8. The number of hydrogen-bond donors (Lipinski definition) is 0. The van der Waals surface area contributed by atoms with Crippen LogP contribution in [0.5, 0.6) is 0 Å². The first-order valence-electron chi connectivity index (χ1n) is 42.5. The Kier molecular flexibility index (Phi) is 22.8. The molecule has 0 fully saturated rings. The number of aryl methyl sites for hydroxylation is 6. The monoisotopic (exact) mass is 1530 g/mol. The SMILES string of the molecule is Cc1ccccc1N1c2cc(C(C)C)ncc2N(C)[C@@H]1C.Cc1ccccc1N1c2ccccc2N(C(C)C)[C@@H]1C.Cc1ccccc1N1c2cccnc2N(C)[C@@H]1C.Cc1ccccc1N1c2cnccc2N(C)[C@@H]1C.Cc1ccccc1N1c2ncccc2N(C)[C@@H]1C.[2H]C([2H])([2H])C([2H])(C)N1c2ccccc2N(c2ccccc2C)[C@H]1C. The maximum absolute atomic E-state index is 8.58. The van der Waals surface area contributed by atoms with Gasteiger partial charge in [-0.3, -0.25) is 9.97 Å². The van der Waals surface area contributed by atoms with Crippen LogP contribution in [0.4, 0.5) is 103 Å². The first-order chi connectivity index (χ1) is 56.9. The van der Waals surface area contributed by atoms with Crippen LogP contribution in [-0.2, 0) is 0 Å². The molecule has 0 bridgehead atoms. The fourth-order valence-corrected chi connectivity index (χ4v) is 17.0. The number of fused-ring (bicyclic) bond motifs is 6. The molecule has 0 radical (unpaired) electrons. The minimum atomic E-state index is -2.42. The molecule has 0 spiro atoms. The summed E-state index contributed by atoms with van der Waals surface area (Å²) in [6, 6.07) is 78.4. The zero-order valence-corrected chi connectivity index (χ0v) is 71.1. The van der Waals surface area contributed by atoms with E-state index in [-0.39, 0.29) is 18.5 Å². The molecule has 0 saturated heterocycles. The van der Waals surface area contributed by atoms with Crippen molar-refractivity contribution in [2.45, 2.75) is 180 Å². The Bertz CT molecular complexity index is 5270. The molecule has 1 unspecified atom stereocenters. The third-order valence-electron chi connectivity index (χ3n) is 23.5. The maximum Gasteiger partial charge on any atom is 0.158 e. The largest absolute Gasteiger partial charge is 0.352 e. The molecule has 7 atom stereocenters. The fourth-order valence-electron chi connectivity index (χ4n) is 17.0. The van der Waals surface area contributed by atoms with Crippen molar-refractivity contribution in [3.63, 3.8) is 0 Å². The Labute approximate surface area is 691 Å². The van der Waals surface area contributed by atoms with E-state index in [9.17, 15) is 0 Å². The van der Waals surface area contributed by atoms with Gasteiger partial charge in [-0.25, -0.2) is 9.97 Å². The molecular formula is C99H118N16. The number of aromatic nitrogens is 4. The van der Waals surface area contributed by atoms with Gasteiger partial charge in [0.25, 0.3) is 0 Å². The lowest BCUT2D eigenvalue weighted by atomic mass is 10.1. The van der Waals surface area contributed by atoms with E-state index in [0.29, 0.717) is 30.5 Å². The molecule has 16 nitrogen and oxygen atoms in total. The third-order valence-corrected chi connectivity index (χ3v) is 23.5. The van der Waals surface area contributed by atoms with E-state index in [1.807, 2.05) is 105 Å². The number of rotatable bonds is 9. The molecule has 0 amide bonds. The van der Waals surface area contributed by atoms with E-state index in [2.05, 4.69) is 369 Å². The molecular weight excluding hydrogens is 1410 g/mol. The van der Waals surface area contributed by atoms with Crippen LogP contribution < -0.4 is 58.8 Å². The normalized spacial score (nSPS) is 19.0. The fraction of sp³-hybridized carbons (Fsp3) is 0.313. The first-order valence-corrected chi connectivity index (χ1v) is 40.5. The molecule has 0 saturated carbocycles. The zero-order valence-electron chi connectivity index (χ0n) is 75.1. The van der Waals surface area contributed by atoms with Gasteiger partial charge < -0.3 is 58.8 Å². The molecule has 4 aromatic heterocycles. The highest BCUT2D eigenvalue weighted by molar-refractivity contribution is 5.89. The smallest absolute Gasteiger partial charge is 0.158 e. The summed E-state index contributed by atoms with van der Waals surface area (Å²) >= 11 is 0. The van der Waals surface area contributed by atoms with Crippen molar-refractivity contribution in [2.24, 2.45) is 0 Å². The van der Waals surface area contributed by atoms with Gasteiger partial charge in [0.2, 0.25) is 0 Å². The van der Waals surface area contributed by atoms with Crippen LogP contribution in [0.1, 0.15) is 133 Å². The predicted molar refractivity (Wildman–Crippen MR) is 489 cm³/mol. The minimum absolute atomic E-state index is 0.272. The second-order valence-electron chi connectivity index (χ2n) is 31.4. The van der Waals surface area contributed by atoms with E-state index < -0.39 is 12.9 Å². The molecule has 115 heavy (non-hydrogen) atoms. The second kappa shape index (κ2) is 34.7. The summed E-state index contributed by atoms with van der Waals surface area (Å²) in [6.07, 6.45) is 10.8. The van der Waals surface area contributed by atoms with Crippen molar-refractivity contribution < 1.29 is 5.48 Å². The van der Waals surface area contributed by atoms with Crippen LogP contribution in [0, 0.1) is 41.5 Å². The Balaban J connectivity index is 0.000000124. The van der Waals surface area contributed by atoms with E-state index in [0.717, 1.165) is 40.0 Å². The van der Waals surface area contributed by atoms with Crippen LogP contribution in [-0.4, -0.2) is 97.2 Å². The van der Waals surface area contributed by atoms with Crippen molar-refractivity contribution in [1.82, 2.24) is 19.9 Å². The van der Waals surface area contributed by atoms with Crippen molar-refractivity contribution in [1.29, 1.82) is 0 Å². The summed E-state index contributed by atoms with van der Waals surface area (Å²) in [4.78, 5) is 45.1. The number of hydrogen-bond acceptors (Lipinski definition) is 16. The van der Waals surface area contributed by atoms with Gasteiger partial charge in [0.15, 0.2) is 11.6 Å². The number of anilines is 18. The number of pyridine rings is 4. The van der Waals surface area contributed by atoms with Gasteiger partial charge in [-0.15, -0.1) is 0 Å². The second-order valence-corrected chi connectivity index (χ2v) is 31.4. The van der Waals surface area contributed by atoms with Gasteiger partial charge >= 0.3 is 0 Å². The van der Waals surface area contributed by atoms with Gasteiger partial charge in [-0.1, -0.05) is 147 Å². The molecule has 6 aliphatic rings. The lowest BCUT2D eigenvalue weighted by Crippen LogP contribution is -2.42. The highest BCUT2D eigenvalue weighted by Gasteiger charge is 2.40. The first kappa shape index (κ1) is 75.6. The van der Waals surface area contributed by atoms with Crippen LogP contribution in [0.3, 0.4) is 0 Å². The highest BCUT2D eigenvalue weighted by atomic mass is 15.5. The Hall–Kier alpha value is -12.0. The number of para-hydroxylation sites is 10. The summed E-state index contributed by atoms with van der Waals surface area (Å²) in [7, 11) is 8.47. The van der Waals surface area contributed by atoms with Crippen molar-refractivity contribution >= 4 is 103 Å². The van der Waals surface area contributed by atoms with Crippen molar-refractivity contribution in [3.05, 3.63) is 301 Å². The van der Waals surface area contributed by atoms with Gasteiger partial charge in [0.05, 0.1) is 70.6 Å². The minimum Gasteiger partial charge on any atom is -0.352 e. The average molecular weight is 1540 g/mol. The van der Waals surface area contributed by atoms with E-state index in [1.54, 1.807) is 4.90 Å². The van der Waals surface area contributed by atoms with Crippen molar-refractivity contribution in [2.75, 3.05) is 87.0 Å². The Morgan fingerprint density at radius 1 is 0.287 bits per heavy atom. The Morgan fingerprint density at radius 2 is 0.617 bits per heavy atom. The summed E-state index contributed by atoms with van der Waals surface area (Å²) in [5, 5.41) is 0. The van der Waals surface area contributed by atoms with E-state index in [4.69, 9.17) is 5.48 Å². The van der Waals surface area contributed by atoms with Gasteiger partial charge in [0, 0.05) is 103 Å². The number of benzene rings is 8. The molecule has 594 valence electrons. The average Bonchev–Trinajstić information content (AvgIpc) is 1.57. The molecule has 6 aliphatic heterocycles. The summed E-state index contributed by atoms with van der Waals surface area (Å²) in [6.45, 7) is 33.9. The van der Waals surface area contributed by atoms with Gasteiger partial charge in [0.1, 0.15) is 37.0 Å². The Morgan fingerprint density at radius 3 is 1.05 bits per heavy atom. The lowest BCUT2D eigenvalue weighted by molar-refractivity contribution is 0.606. The van der Waals surface area contributed by atoms with Crippen LogP contribution in [0.25, 0.3) is 0 Å². The number of nitrogens with zero attached hydrogens (tertiary/aromatic N) is 16. The van der Waals surface area contributed by atoms with Crippen LogP contribution in [0.2, 0.25) is 0 Å². The van der Waals surface area contributed by atoms with Crippen LogP contribution >= 0.6 is 0 Å². The summed E-state index contributed by atoms with van der Waals surface area (Å²) in [5.41, 5.74) is 27.7. The zero-order chi connectivity index (χ0) is 85.2. The molecule has 8 aromatic carbocycles. The van der Waals surface area contributed by atoms with E-state index >= 15 is 0 Å². The summed E-state index contributed by atoms with van der Waals surface area (Å²) < 4.78 is 32.1. The summed E-state index contributed by atoms with van der Waals surface area (Å²) in [5.74, 6) is 2.53. The van der Waals surface area contributed by atoms with Crippen molar-refractivity contribution in [3.8, 4) is 0 Å². The lowest BCUT2D eigenvalue weighted by Gasteiger charge is -2.33. The predicted octanol–water partition coefficient (Wildman–Crippen LogP) is 23.8. The molecule has 10 heterocycles. The molecule has 0 N–H and O–H groups in total. The quantitative estimate of drug-likeness (QED) is 0.137. The molecule has 18 rings (SSSR count). The standard InChI is InChI=1S/C18H23N3.2C18H22N2.3C15H17N3/c1-12(2)15-10-17-18(11-19-15)20(5)14(4)21(17)16-9-7-6-8-13(16)3;2*1-13(2)19-15(4)20(16-10-6-5-9-14(16)3)18-12-8-7-11-17(18)19;1-11-7-4-5-8-13(11)18-12(2)17(3)15-14(18)9-6-10-16-15;1-11-7-4-5-8-13(11)18-12(2)17(3)14-9-6-10-16-15(14)18;1-11-6-4-5-7-13(11)18-12(2)17(3)14-8-9-16-10-15(14)18/h6-12,14H,1-5H3;2*5-13,15H,1-4H3;3*4-10,12H,1-3H3/t14-;2*15-;3*12-/m000000/s1/i;1D3,13D;;;;/t;13?,15-;;;;. The van der Waals surface area contributed by atoms with Gasteiger partial charge in [-0.2, -0.15) is 0 Å². The van der Waals surface area contributed by atoms with E-state index in [1.165, 1.54) is 109 Å². The maximum atomic E-state index is 8.58. The molecule has 16 heteroatoms. The topological polar surface area (TPSA) is 90.4 Å².